The lowest BCUT2D eigenvalue weighted by Crippen LogP contribution is -2.43. The van der Waals surface area contributed by atoms with Gasteiger partial charge in [0.2, 0.25) is 0 Å². The Hall–Kier alpha value is -0.530. The maximum Gasteiger partial charge on any atom is 0.0989 e. The van der Waals surface area contributed by atoms with E-state index in [1.807, 2.05) is 0 Å². The van der Waals surface area contributed by atoms with Crippen LogP contribution in [0.15, 0.2) is 0 Å². The van der Waals surface area contributed by atoms with Crippen molar-refractivity contribution < 1.29 is 0 Å². The second-order valence-electron chi connectivity index (χ2n) is 6.02. The first kappa shape index (κ1) is 11.0. The molecule has 1 aliphatic carbocycles. The van der Waals surface area contributed by atoms with Crippen LogP contribution in [0.5, 0.6) is 0 Å². The van der Waals surface area contributed by atoms with E-state index >= 15 is 0 Å². The van der Waals surface area contributed by atoms with E-state index in [9.17, 15) is 0 Å². The van der Waals surface area contributed by atoms with Crippen LogP contribution in [0.3, 0.4) is 0 Å². The fourth-order valence-corrected chi connectivity index (χ4v) is 2.81. The molecule has 1 heterocycles. The Morgan fingerprint density at radius 3 is 2.20 bits per heavy atom. The largest absolute Gasteiger partial charge is 0.360 e. The molecule has 0 aromatic rings. The second-order valence-corrected chi connectivity index (χ2v) is 6.02. The van der Waals surface area contributed by atoms with Crippen LogP contribution in [0.4, 0.5) is 0 Å². The van der Waals surface area contributed by atoms with E-state index in [-0.39, 0.29) is 0 Å². The van der Waals surface area contributed by atoms with Crippen molar-refractivity contribution in [2.75, 3.05) is 13.1 Å². The highest BCUT2D eigenvalue weighted by Gasteiger charge is 2.30. The minimum absolute atomic E-state index is 0.506. The summed E-state index contributed by atoms with van der Waals surface area (Å²) in [7, 11) is 0. The van der Waals surface area contributed by atoms with Gasteiger partial charge in [-0.05, 0) is 31.1 Å². The lowest BCUT2D eigenvalue weighted by Gasteiger charge is -2.39. The predicted molar refractivity (Wildman–Crippen MR) is 64.3 cm³/mol. The molecule has 1 aliphatic heterocycles. The maximum atomic E-state index is 8.24. The average Bonchev–Trinajstić information content (AvgIpc) is 2.69. The van der Waals surface area contributed by atoms with Crippen LogP contribution in [0, 0.1) is 16.7 Å². The fraction of sp³-hybridized carbons (Fsp3) is 0.923. The molecule has 2 aliphatic rings. The van der Waals surface area contributed by atoms with Crippen molar-refractivity contribution in [3.63, 3.8) is 0 Å². The summed E-state index contributed by atoms with van der Waals surface area (Å²) < 4.78 is 0. The smallest absolute Gasteiger partial charge is 0.0989 e. The maximum absolute atomic E-state index is 8.24. The van der Waals surface area contributed by atoms with Crippen LogP contribution < -0.4 is 0 Å². The molecule has 0 bridgehead atoms. The zero-order chi connectivity index (χ0) is 10.9. The van der Waals surface area contributed by atoms with Crippen LogP contribution in [0.2, 0.25) is 0 Å². The van der Waals surface area contributed by atoms with Crippen LogP contribution in [-0.4, -0.2) is 23.8 Å². The molecule has 0 aromatic heterocycles. The quantitative estimate of drug-likeness (QED) is 0.519. The summed E-state index contributed by atoms with van der Waals surface area (Å²) in [6.07, 6.45) is 7.71. The Balaban J connectivity index is 1.87. The summed E-state index contributed by atoms with van der Waals surface area (Å²) >= 11 is 0. The molecule has 0 atom stereocenters. The van der Waals surface area contributed by atoms with E-state index in [1.54, 1.807) is 0 Å². The van der Waals surface area contributed by atoms with E-state index in [2.05, 4.69) is 18.7 Å². The van der Waals surface area contributed by atoms with Crippen molar-refractivity contribution in [3.05, 3.63) is 0 Å². The molecule has 1 N–H and O–H groups in total. The van der Waals surface area contributed by atoms with Gasteiger partial charge in [-0.1, -0.05) is 26.7 Å². The van der Waals surface area contributed by atoms with Crippen molar-refractivity contribution >= 4 is 5.84 Å². The zero-order valence-corrected chi connectivity index (χ0v) is 10.2. The summed E-state index contributed by atoms with van der Waals surface area (Å²) in [4.78, 5) is 2.33. The zero-order valence-electron chi connectivity index (χ0n) is 10.2. The van der Waals surface area contributed by atoms with Gasteiger partial charge < -0.3 is 4.90 Å². The topological polar surface area (TPSA) is 27.1 Å². The van der Waals surface area contributed by atoms with Crippen LogP contribution in [0.1, 0.15) is 52.4 Å². The van der Waals surface area contributed by atoms with Gasteiger partial charge in [-0.2, -0.15) is 0 Å². The monoisotopic (exact) mass is 208 g/mol. The third-order valence-electron chi connectivity index (χ3n) is 4.20. The molecule has 0 unspecified atom stereocenters. The summed E-state index contributed by atoms with van der Waals surface area (Å²) in [5.41, 5.74) is 0.506. The summed E-state index contributed by atoms with van der Waals surface area (Å²) in [6.45, 7) is 6.93. The Kier molecular flexibility index (Phi) is 3.03. The van der Waals surface area contributed by atoms with Gasteiger partial charge in [-0.3, -0.25) is 5.41 Å². The summed E-state index contributed by atoms with van der Waals surface area (Å²) in [6, 6.07) is 0. The van der Waals surface area contributed by atoms with Gasteiger partial charge in [0.05, 0.1) is 5.84 Å². The van der Waals surface area contributed by atoms with Gasteiger partial charge in [0.25, 0.3) is 0 Å². The third kappa shape index (κ3) is 2.53. The molecule has 1 saturated carbocycles. The van der Waals surface area contributed by atoms with Gasteiger partial charge in [-0.15, -0.1) is 0 Å². The van der Waals surface area contributed by atoms with Gasteiger partial charge >= 0.3 is 0 Å². The minimum atomic E-state index is 0.506. The van der Waals surface area contributed by atoms with Crippen molar-refractivity contribution in [2.45, 2.75) is 52.4 Å². The van der Waals surface area contributed by atoms with Crippen LogP contribution in [-0.2, 0) is 0 Å². The van der Waals surface area contributed by atoms with E-state index < -0.39 is 0 Å². The molecule has 0 radical (unpaired) electrons. The number of hydrogen-bond acceptors (Lipinski definition) is 1. The second kappa shape index (κ2) is 4.15. The van der Waals surface area contributed by atoms with Gasteiger partial charge in [0, 0.05) is 19.0 Å². The SMILES string of the molecule is CC1(C)CCN(C(=N)C2CCCC2)CC1. The highest BCUT2D eigenvalue weighted by molar-refractivity contribution is 5.82. The number of nitrogens with one attached hydrogen (secondary N) is 1. The molecule has 2 heteroatoms. The lowest BCUT2D eigenvalue weighted by molar-refractivity contribution is 0.183. The molecular formula is C13H24N2. The lowest BCUT2D eigenvalue weighted by atomic mass is 9.82. The first-order valence-corrected chi connectivity index (χ1v) is 6.42. The third-order valence-corrected chi connectivity index (χ3v) is 4.20. The van der Waals surface area contributed by atoms with Crippen molar-refractivity contribution in [3.8, 4) is 0 Å². The molecule has 0 aromatic carbocycles. The Morgan fingerprint density at radius 1 is 1.13 bits per heavy atom. The highest BCUT2D eigenvalue weighted by Crippen LogP contribution is 2.32. The normalized spacial score (nSPS) is 26.9. The van der Waals surface area contributed by atoms with Crippen LogP contribution >= 0.6 is 0 Å². The highest BCUT2D eigenvalue weighted by atomic mass is 15.2. The molecule has 15 heavy (non-hydrogen) atoms. The van der Waals surface area contributed by atoms with Gasteiger partial charge in [0.1, 0.15) is 0 Å². The Labute approximate surface area is 93.6 Å². The van der Waals surface area contributed by atoms with E-state index in [0.29, 0.717) is 11.3 Å². The van der Waals surface area contributed by atoms with E-state index in [1.165, 1.54) is 38.5 Å². The molecule has 2 rings (SSSR count). The Morgan fingerprint density at radius 2 is 1.67 bits per heavy atom. The summed E-state index contributed by atoms with van der Waals surface area (Å²) in [5, 5.41) is 8.24. The van der Waals surface area contributed by atoms with Crippen molar-refractivity contribution in [1.29, 1.82) is 5.41 Å². The Bertz CT molecular complexity index is 229. The van der Waals surface area contributed by atoms with Gasteiger partial charge in [-0.25, -0.2) is 0 Å². The average molecular weight is 208 g/mol. The molecule has 2 fully saturated rings. The van der Waals surface area contributed by atoms with Crippen molar-refractivity contribution in [2.24, 2.45) is 11.3 Å². The molecule has 2 nitrogen and oxygen atoms in total. The number of rotatable bonds is 1. The molecule has 86 valence electrons. The first-order chi connectivity index (χ1) is 7.08. The van der Waals surface area contributed by atoms with Crippen LogP contribution in [0.25, 0.3) is 0 Å². The van der Waals surface area contributed by atoms with E-state index in [4.69, 9.17) is 5.41 Å². The minimum Gasteiger partial charge on any atom is -0.360 e. The van der Waals surface area contributed by atoms with Crippen molar-refractivity contribution in [1.82, 2.24) is 4.90 Å². The number of likely N-dealkylation sites (tertiary alicyclic amines) is 1. The fourth-order valence-electron chi connectivity index (χ4n) is 2.81. The summed E-state index contributed by atoms with van der Waals surface area (Å²) in [5.74, 6) is 1.54. The number of amidine groups is 1. The molecule has 1 saturated heterocycles. The predicted octanol–water partition coefficient (Wildman–Crippen LogP) is 3.28. The standard InChI is InChI=1S/C13H24N2/c1-13(2)7-9-15(10-8-13)12(14)11-5-3-4-6-11/h11,14H,3-10H2,1-2H3. The molecular weight excluding hydrogens is 184 g/mol. The number of piperidine rings is 1. The molecule has 0 amide bonds. The molecule has 0 spiro atoms. The number of nitrogens with zero attached hydrogens (tertiary/aromatic N) is 1. The van der Waals surface area contributed by atoms with E-state index in [0.717, 1.165) is 18.9 Å². The van der Waals surface area contributed by atoms with Gasteiger partial charge in [0.15, 0.2) is 0 Å². The number of hydrogen-bond donors (Lipinski definition) is 1. The first-order valence-electron chi connectivity index (χ1n) is 6.42.